The van der Waals surface area contributed by atoms with Crippen LogP contribution >= 0.6 is 0 Å². The zero-order chi connectivity index (χ0) is 23.0. The number of nitrogens with zero attached hydrogens (tertiary/aromatic N) is 1. The summed E-state index contributed by atoms with van der Waals surface area (Å²) in [6, 6.07) is 10.1. The van der Waals surface area contributed by atoms with E-state index in [0.717, 1.165) is 5.56 Å². The van der Waals surface area contributed by atoms with Crippen LogP contribution in [0.3, 0.4) is 0 Å². The molecule has 2 aromatic rings. The zero-order valence-electron chi connectivity index (χ0n) is 18.2. The molecule has 2 amide bonds. The van der Waals surface area contributed by atoms with Gasteiger partial charge in [-0.15, -0.1) is 0 Å². The number of ether oxygens (including phenoxy) is 4. The maximum atomic E-state index is 12.4. The minimum atomic E-state index is -0.745. The minimum Gasteiger partial charge on any atom is -0.493 e. The first-order valence-corrected chi connectivity index (χ1v) is 9.36. The van der Waals surface area contributed by atoms with Gasteiger partial charge in [0.1, 0.15) is 0 Å². The van der Waals surface area contributed by atoms with Crippen molar-refractivity contribution in [2.75, 3.05) is 46.8 Å². The van der Waals surface area contributed by atoms with Crippen molar-refractivity contribution in [3.63, 3.8) is 0 Å². The van der Waals surface area contributed by atoms with Crippen LogP contribution in [0.1, 0.15) is 15.9 Å². The molecule has 31 heavy (non-hydrogen) atoms. The molecule has 9 nitrogen and oxygen atoms in total. The van der Waals surface area contributed by atoms with Crippen molar-refractivity contribution in [2.24, 2.45) is 0 Å². The van der Waals surface area contributed by atoms with Gasteiger partial charge in [0.05, 0.1) is 33.4 Å². The van der Waals surface area contributed by atoms with Crippen LogP contribution in [-0.4, -0.2) is 64.2 Å². The number of benzene rings is 2. The Bertz CT molecular complexity index is 916. The van der Waals surface area contributed by atoms with Crippen LogP contribution in [0, 0.1) is 6.92 Å². The first-order valence-electron chi connectivity index (χ1n) is 9.36. The van der Waals surface area contributed by atoms with Gasteiger partial charge < -0.3 is 29.2 Å². The maximum absolute atomic E-state index is 12.4. The average molecular weight is 430 g/mol. The number of esters is 1. The number of carbonyl (C=O) groups is 3. The Morgan fingerprint density at radius 1 is 0.935 bits per heavy atom. The summed E-state index contributed by atoms with van der Waals surface area (Å²) in [6.45, 7) is 1.23. The molecule has 0 bridgehead atoms. The molecule has 9 heteroatoms. The second kappa shape index (κ2) is 10.9. The normalized spacial score (nSPS) is 10.1. The molecule has 0 aliphatic carbocycles. The minimum absolute atomic E-state index is 0.127. The number of hydrogen-bond donors (Lipinski definition) is 1. The van der Waals surface area contributed by atoms with Crippen molar-refractivity contribution >= 4 is 23.5 Å². The van der Waals surface area contributed by atoms with Crippen molar-refractivity contribution in [3.8, 4) is 17.2 Å². The largest absolute Gasteiger partial charge is 0.493 e. The lowest BCUT2D eigenvalue weighted by molar-refractivity contribution is -0.136. The maximum Gasteiger partial charge on any atom is 0.338 e. The monoisotopic (exact) mass is 430 g/mol. The summed E-state index contributed by atoms with van der Waals surface area (Å²) < 4.78 is 20.7. The molecule has 0 heterocycles. The van der Waals surface area contributed by atoms with Crippen LogP contribution in [0.5, 0.6) is 17.2 Å². The number of likely N-dealkylation sites (N-methyl/N-ethyl adjacent to an activating group) is 1. The highest BCUT2D eigenvalue weighted by atomic mass is 16.5. The molecule has 0 saturated carbocycles. The lowest BCUT2D eigenvalue weighted by atomic mass is 10.2. The van der Waals surface area contributed by atoms with E-state index in [1.54, 1.807) is 12.1 Å². The third-order valence-electron chi connectivity index (χ3n) is 4.37. The van der Waals surface area contributed by atoms with Crippen LogP contribution in [0.15, 0.2) is 36.4 Å². The highest BCUT2D eigenvalue weighted by Gasteiger charge is 2.20. The highest BCUT2D eigenvalue weighted by molar-refractivity contribution is 5.96. The summed E-state index contributed by atoms with van der Waals surface area (Å²) in [5, 5.41) is 2.70. The van der Waals surface area contributed by atoms with Crippen LogP contribution in [-0.2, 0) is 14.3 Å². The molecule has 0 fully saturated rings. The van der Waals surface area contributed by atoms with Gasteiger partial charge in [-0.1, -0.05) is 17.7 Å². The summed E-state index contributed by atoms with van der Waals surface area (Å²) in [5.74, 6) is -0.743. The quantitative estimate of drug-likeness (QED) is 0.609. The third-order valence-corrected chi connectivity index (χ3v) is 4.37. The van der Waals surface area contributed by atoms with Gasteiger partial charge in [0, 0.05) is 12.7 Å². The van der Waals surface area contributed by atoms with Crippen LogP contribution < -0.4 is 19.5 Å². The topological polar surface area (TPSA) is 103 Å². The molecule has 2 rings (SSSR count). The molecule has 166 valence electrons. The van der Waals surface area contributed by atoms with Gasteiger partial charge in [0.25, 0.3) is 5.91 Å². The van der Waals surface area contributed by atoms with Gasteiger partial charge in [0.2, 0.25) is 11.7 Å². The molecule has 0 unspecified atom stereocenters. The molecule has 0 aliphatic rings. The van der Waals surface area contributed by atoms with Crippen LogP contribution in [0.25, 0.3) is 0 Å². The molecule has 0 aromatic heterocycles. The van der Waals surface area contributed by atoms with E-state index in [-0.39, 0.29) is 29.5 Å². The highest BCUT2D eigenvalue weighted by Crippen LogP contribution is 2.38. The molecule has 1 N–H and O–H groups in total. The molecule has 0 spiro atoms. The summed E-state index contributed by atoms with van der Waals surface area (Å²) in [7, 11) is 5.74. The first-order chi connectivity index (χ1) is 14.8. The number of amides is 2. The van der Waals surface area contributed by atoms with E-state index in [0.29, 0.717) is 11.4 Å². The van der Waals surface area contributed by atoms with Crippen molar-refractivity contribution < 1.29 is 33.3 Å². The predicted octanol–water partition coefficient (Wildman–Crippen LogP) is 2.27. The number of anilines is 1. The number of aryl methyl sites for hydroxylation is 1. The van der Waals surface area contributed by atoms with Crippen LogP contribution in [0.2, 0.25) is 0 Å². The van der Waals surface area contributed by atoms with Crippen molar-refractivity contribution in [1.29, 1.82) is 0 Å². The number of nitrogens with one attached hydrogen (secondary N) is 1. The second-order valence-electron chi connectivity index (χ2n) is 6.65. The lowest BCUT2D eigenvalue weighted by Gasteiger charge is -2.17. The molecular weight excluding hydrogens is 404 g/mol. The summed E-state index contributed by atoms with van der Waals surface area (Å²) in [6.07, 6.45) is 0. The molecule has 0 saturated heterocycles. The van der Waals surface area contributed by atoms with Gasteiger partial charge >= 0.3 is 5.97 Å². The molecular formula is C22H26N2O7. The van der Waals surface area contributed by atoms with Crippen LogP contribution in [0.4, 0.5) is 5.69 Å². The third kappa shape index (κ3) is 6.36. The SMILES string of the molecule is COc1cc(C(=O)OCC(=O)N(C)CC(=O)Nc2ccc(C)cc2)cc(OC)c1OC. The van der Waals surface area contributed by atoms with Gasteiger partial charge in [-0.05, 0) is 31.2 Å². The van der Waals surface area contributed by atoms with Gasteiger partial charge in [-0.3, -0.25) is 9.59 Å². The molecule has 0 atom stereocenters. The predicted molar refractivity (Wildman–Crippen MR) is 114 cm³/mol. The zero-order valence-corrected chi connectivity index (χ0v) is 18.2. The Morgan fingerprint density at radius 3 is 2.03 bits per heavy atom. The number of hydrogen-bond acceptors (Lipinski definition) is 7. The van der Waals surface area contributed by atoms with Crippen molar-refractivity contribution in [1.82, 2.24) is 4.90 Å². The van der Waals surface area contributed by atoms with E-state index in [1.807, 2.05) is 19.1 Å². The second-order valence-corrected chi connectivity index (χ2v) is 6.65. The first kappa shape index (κ1) is 23.5. The van der Waals surface area contributed by atoms with Crippen molar-refractivity contribution in [2.45, 2.75) is 6.92 Å². The molecule has 2 aromatic carbocycles. The fraction of sp³-hybridized carbons (Fsp3) is 0.318. The molecule has 0 radical (unpaired) electrons. The Morgan fingerprint density at radius 2 is 1.52 bits per heavy atom. The summed E-state index contributed by atoms with van der Waals surface area (Å²) in [4.78, 5) is 37.9. The van der Waals surface area contributed by atoms with E-state index in [2.05, 4.69) is 5.32 Å². The summed E-state index contributed by atoms with van der Waals surface area (Å²) in [5.41, 5.74) is 1.83. The Kier molecular flexibility index (Phi) is 8.25. The number of rotatable bonds is 9. The van der Waals surface area contributed by atoms with E-state index in [1.165, 1.54) is 45.4 Å². The lowest BCUT2D eigenvalue weighted by Crippen LogP contribution is -2.37. The van der Waals surface area contributed by atoms with Gasteiger partial charge in [0.15, 0.2) is 18.1 Å². The Hall–Kier alpha value is -3.75. The van der Waals surface area contributed by atoms with E-state index >= 15 is 0 Å². The smallest absolute Gasteiger partial charge is 0.338 e. The Balaban J connectivity index is 1.93. The fourth-order valence-electron chi connectivity index (χ4n) is 2.66. The van der Waals surface area contributed by atoms with Gasteiger partial charge in [-0.25, -0.2) is 4.79 Å². The van der Waals surface area contributed by atoms with Gasteiger partial charge in [-0.2, -0.15) is 0 Å². The average Bonchev–Trinajstić information content (AvgIpc) is 2.77. The standard InChI is InChI=1S/C22H26N2O7/c1-14-6-8-16(9-7-14)23-19(25)12-24(2)20(26)13-31-22(27)15-10-17(28-3)21(30-5)18(11-15)29-4/h6-11H,12-13H2,1-5H3,(H,23,25). The number of carbonyl (C=O) groups excluding carboxylic acids is 3. The number of methoxy groups -OCH3 is 3. The fourth-order valence-corrected chi connectivity index (χ4v) is 2.66. The van der Waals surface area contributed by atoms with Crippen molar-refractivity contribution in [3.05, 3.63) is 47.5 Å². The summed E-state index contributed by atoms with van der Waals surface area (Å²) >= 11 is 0. The molecule has 0 aliphatic heterocycles. The Labute approximate surface area is 180 Å². The van der Waals surface area contributed by atoms with E-state index < -0.39 is 18.5 Å². The van der Waals surface area contributed by atoms with E-state index in [4.69, 9.17) is 18.9 Å². The van der Waals surface area contributed by atoms with E-state index in [9.17, 15) is 14.4 Å².